The number of pyridine rings is 4. The highest BCUT2D eigenvalue weighted by molar-refractivity contribution is 5.95. The minimum absolute atomic E-state index is 0.0865. The van der Waals surface area contributed by atoms with E-state index in [4.69, 9.17) is 28.9 Å². The number of para-hydroxylation sites is 2. The van der Waals surface area contributed by atoms with Crippen molar-refractivity contribution in [2.75, 3.05) is 0 Å². The van der Waals surface area contributed by atoms with Crippen molar-refractivity contribution in [1.82, 2.24) is 29.7 Å². The Bertz CT molecular complexity index is 3740. The second-order valence-electron chi connectivity index (χ2n) is 22.0. The quantitative estimate of drug-likeness (QED) is 0.0563. The highest BCUT2D eigenvalue weighted by Gasteiger charge is 2.53. The van der Waals surface area contributed by atoms with Crippen LogP contribution in [0.4, 0.5) is 0 Å². The highest BCUT2D eigenvalue weighted by Crippen LogP contribution is 2.43. The fourth-order valence-electron chi connectivity index (χ4n) is 11.0. The third kappa shape index (κ3) is 11.7. The molecule has 24 heteroatoms. The molecule has 0 saturated carbocycles. The van der Waals surface area contributed by atoms with Crippen molar-refractivity contribution in [3.8, 4) is 22.8 Å². The summed E-state index contributed by atoms with van der Waals surface area (Å²) in [6, 6.07) is 18.8. The predicted molar refractivity (Wildman–Crippen MR) is 303 cm³/mol. The van der Waals surface area contributed by atoms with Gasteiger partial charge in [-0.05, 0) is 49.2 Å². The Morgan fingerprint density at radius 1 is 0.570 bits per heavy atom. The SMILES string of the molecule is CC[C@@]1(OC(=O)[C@@H](CC(=O)O)NC(=O)CCC(=O)C(C)C)C(=O)OCc2c1cc1n(c2=O)Cc2cc3ccccc3nc2-1.CC[C@@]1(OC(=O)[C@H](CC(=O)O)NC(=O)CCC(=O)C(C)C)C(=O)OCc2c1cc1n(c2=O)Cc2cc3ccccc3nc2-1. The van der Waals surface area contributed by atoms with Crippen molar-refractivity contribution in [3.05, 3.63) is 127 Å². The fraction of sp³-hybridized carbons (Fsp3) is 0.387. The standard InChI is InChI=1S/2C31H31N3O9/c2*1-4-31(43-29(40)22(13-26(37)38)32-25(36)10-9-24(35)16(2)3)20-12-23-27-18(11-17-7-5-6-8-21(17)33-27)14-34(23)28(39)19(20)15-42-30(31)41/h2*5-8,11-12,16,22H,4,9-10,13-15H2,1-3H3,(H,32,36)(H,37,38)/t22-,31+;22-,31-/m10/s1. The molecular formula is C62H62N6O18. The summed E-state index contributed by atoms with van der Waals surface area (Å²) >= 11 is 0. The van der Waals surface area contributed by atoms with Gasteiger partial charge in [-0.1, -0.05) is 77.9 Å². The molecule has 4 N–H and O–H groups in total. The number of carbonyl (C=O) groups is 10. The molecule has 0 unspecified atom stereocenters. The average molecular weight is 1180 g/mol. The number of cyclic esters (lactones) is 2. The number of hydrogen-bond acceptors (Lipinski definition) is 18. The first-order valence-corrected chi connectivity index (χ1v) is 28.1. The van der Waals surface area contributed by atoms with Gasteiger partial charge in [-0.3, -0.25) is 38.4 Å². The zero-order chi connectivity index (χ0) is 62.1. The lowest BCUT2D eigenvalue weighted by Crippen LogP contribution is -2.51. The van der Waals surface area contributed by atoms with Crippen molar-refractivity contribution in [2.45, 2.75) is 142 Å². The molecule has 0 fully saturated rings. The second-order valence-corrected chi connectivity index (χ2v) is 22.0. The van der Waals surface area contributed by atoms with Crippen molar-refractivity contribution < 1.29 is 77.1 Å². The van der Waals surface area contributed by atoms with E-state index in [0.29, 0.717) is 22.8 Å². The molecule has 86 heavy (non-hydrogen) atoms. The van der Waals surface area contributed by atoms with Crippen LogP contribution in [-0.4, -0.2) is 101 Å². The number of aliphatic carboxylic acids is 2. The monoisotopic (exact) mass is 1180 g/mol. The first-order chi connectivity index (χ1) is 40.9. The van der Waals surface area contributed by atoms with Crippen LogP contribution in [0.2, 0.25) is 0 Å². The maximum Gasteiger partial charge on any atom is 0.355 e. The minimum Gasteiger partial charge on any atom is -0.481 e. The number of Topliss-reactive ketones (excluding diaryl/α,β-unsaturated/α-hetero) is 2. The Labute approximate surface area is 490 Å². The lowest BCUT2D eigenvalue weighted by molar-refractivity contribution is -0.191. The maximum atomic E-state index is 13.7. The molecule has 24 nitrogen and oxygen atoms in total. The first kappa shape index (κ1) is 60.8. The molecule has 6 aromatic rings. The molecule has 4 atom stereocenters. The van der Waals surface area contributed by atoms with Crippen molar-refractivity contribution in [2.24, 2.45) is 11.8 Å². The van der Waals surface area contributed by atoms with Crippen LogP contribution in [0.5, 0.6) is 0 Å². The Balaban J connectivity index is 0.000000205. The molecule has 8 heterocycles. The van der Waals surface area contributed by atoms with Crippen LogP contribution in [0, 0.1) is 11.8 Å². The third-order valence-electron chi connectivity index (χ3n) is 15.8. The summed E-state index contributed by atoms with van der Waals surface area (Å²) in [4.78, 5) is 163. The van der Waals surface area contributed by atoms with E-state index in [2.05, 4.69) is 10.6 Å². The summed E-state index contributed by atoms with van der Waals surface area (Å²) in [5, 5.41) is 25.3. The largest absolute Gasteiger partial charge is 0.481 e. The van der Waals surface area contributed by atoms with E-state index in [1.54, 1.807) is 53.7 Å². The number of esters is 4. The van der Waals surface area contributed by atoms with Crippen molar-refractivity contribution >= 4 is 81.0 Å². The summed E-state index contributed by atoms with van der Waals surface area (Å²) in [5.74, 6) is -9.38. The number of hydrogen-bond donors (Lipinski definition) is 4. The molecule has 0 radical (unpaired) electrons. The van der Waals surface area contributed by atoms with Gasteiger partial charge in [0.1, 0.15) is 36.9 Å². The predicted octanol–water partition coefficient (Wildman–Crippen LogP) is 5.19. The lowest BCUT2D eigenvalue weighted by Gasteiger charge is -2.36. The molecule has 10 rings (SSSR count). The van der Waals surface area contributed by atoms with Crippen LogP contribution >= 0.6 is 0 Å². The number of benzene rings is 2. The van der Waals surface area contributed by atoms with Gasteiger partial charge in [0.05, 0.1) is 70.9 Å². The first-order valence-electron chi connectivity index (χ1n) is 28.1. The van der Waals surface area contributed by atoms with E-state index in [-0.39, 0.29) is 110 Å². The summed E-state index contributed by atoms with van der Waals surface area (Å²) in [6.07, 6.45) is -2.62. The van der Waals surface area contributed by atoms with E-state index in [9.17, 15) is 67.7 Å². The van der Waals surface area contributed by atoms with Gasteiger partial charge in [0.15, 0.2) is 0 Å². The van der Waals surface area contributed by atoms with Crippen LogP contribution in [-0.2, 0) is 104 Å². The molecular weight excluding hydrogens is 1120 g/mol. The van der Waals surface area contributed by atoms with Crippen LogP contribution in [0.25, 0.3) is 44.6 Å². The molecule has 4 aliphatic rings. The number of aromatic nitrogens is 4. The van der Waals surface area contributed by atoms with Gasteiger partial charge in [-0.25, -0.2) is 29.1 Å². The molecule has 4 aromatic heterocycles. The molecule has 0 spiro atoms. The zero-order valence-electron chi connectivity index (χ0n) is 47.9. The molecule has 2 amide bonds. The fourth-order valence-corrected chi connectivity index (χ4v) is 11.0. The zero-order valence-corrected chi connectivity index (χ0v) is 47.9. The maximum absolute atomic E-state index is 13.7. The summed E-state index contributed by atoms with van der Waals surface area (Å²) in [5.41, 5.74) is 0.549. The molecule has 448 valence electrons. The summed E-state index contributed by atoms with van der Waals surface area (Å²) in [6.45, 7) is 9.73. The number of ketones is 2. The van der Waals surface area contributed by atoms with Gasteiger partial charge in [0, 0.05) is 70.5 Å². The smallest absolute Gasteiger partial charge is 0.355 e. The topological polar surface area (TPSA) is 342 Å². The van der Waals surface area contributed by atoms with E-state index in [1.165, 1.54) is 9.13 Å². The number of carboxylic acid groups (broad SMARTS) is 2. The normalized spacial score (nSPS) is 17.4. The van der Waals surface area contributed by atoms with Crippen LogP contribution in [0.15, 0.2) is 82.4 Å². The Morgan fingerprint density at radius 2 is 0.942 bits per heavy atom. The van der Waals surface area contributed by atoms with Gasteiger partial charge in [-0.2, -0.15) is 0 Å². The second kappa shape index (κ2) is 24.5. The van der Waals surface area contributed by atoms with Crippen LogP contribution in [0.3, 0.4) is 0 Å². The molecule has 2 aromatic carbocycles. The lowest BCUT2D eigenvalue weighted by atomic mass is 9.85. The number of carbonyl (C=O) groups excluding carboxylic acids is 8. The average Bonchev–Trinajstić information content (AvgIpc) is 2.11. The van der Waals surface area contributed by atoms with Gasteiger partial charge in [0.2, 0.25) is 23.0 Å². The van der Waals surface area contributed by atoms with E-state index in [0.717, 1.165) is 32.9 Å². The van der Waals surface area contributed by atoms with Gasteiger partial charge in [0.25, 0.3) is 11.1 Å². The third-order valence-corrected chi connectivity index (χ3v) is 15.8. The van der Waals surface area contributed by atoms with Gasteiger partial charge >= 0.3 is 35.8 Å². The Hall–Kier alpha value is -9.74. The minimum atomic E-state index is -2.08. The number of carboxylic acids is 2. The number of nitrogens with one attached hydrogen (secondary N) is 2. The number of fused-ring (bicyclic) bond motifs is 10. The summed E-state index contributed by atoms with van der Waals surface area (Å²) in [7, 11) is 0. The summed E-state index contributed by atoms with van der Waals surface area (Å²) < 4.78 is 25.2. The Kier molecular flexibility index (Phi) is 17.3. The Morgan fingerprint density at radius 3 is 1.29 bits per heavy atom. The number of nitrogens with zero attached hydrogens (tertiary/aromatic N) is 4. The van der Waals surface area contributed by atoms with Crippen molar-refractivity contribution in [3.63, 3.8) is 0 Å². The van der Waals surface area contributed by atoms with Crippen LogP contribution < -0.4 is 21.8 Å². The number of rotatable bonds is 20. The molecule has 0 aliphatic carbocycles. The number of ether oxygens (including phenoxy) is 4. The highest BCUT2D eigenvalue weighted by atomic mass is 16.6. The van der Waals surface area contributed by atoms with E-state index < -0.39 is 94.9 Å². The molecule has 4 aliphatic heterocycles. The molecule has 0 saturated heterocycles. The van der Waals surface area contributed by atoms with Crippen LogP contribution in [0.1, 0.15) is 126 Å². The number of amides is 2. The van der Waals surface area contributed by atoms with E-state index >= 15 is 0 Å². The van der Waals surface area contributed by atoms with Gasteiger partial charge < -0.3 is 48.9 Å². The van der Waals surface area contributed by atoms with Crippen molar-refractivity contribution in [1.29, 1.82) is 0 Å². The van der Waals surface area contributed by atoms with Gasteiger partial charge in [-0.15, -0.1) is 0 Å². The van der Waals surface area contributed by atoms with E-state index in [1.807, 2.05) is 60.7 Å². The molecule has 0 bridgehead atoms.